The van der Waals surface area contributed by atoms with Crippen molar-refractivity contribution in [2.75, 3.05) is 26.7 Å². The first-order chi connectivity index (χ1) is 9.71. The predicted octanol–water partition coefficient (Wildman–Crippen LogP) is 3.70. The average Bonchev–Trinajstić information content (AvgIpc) is 2.74. The Bertz CT molecular complexity index is 483. The SMILES string of the molecule is CNC(CN1CCC(C)(C)C1)c1cccc(C(F)(F)F)c1. The third-order valence-electron chi connectivity index (χ3n) is 4.16. The molecule has 1 aliphatic heterocycles. The number of hydrogen-bond acceptors (Lipinski definition) is 2. The molecule has 1 saturated heterocycles. The van der Waals surface area contributed by atoms with E-state index >= 15 is 0 Å². The third-order valence-corrected chi connectivity index (χ3v) is 4.16. The van der Waals surface area contributed by atoms with E-state index in [0.29, 0.717) is 11.0 Å². The lowest BCUT2D eigenvalue weighted by molar-refractivity contribution is -0.137. The lowest BCUT2D eigenvalue weighted by Crippen LogP contribution is -2.33. The summed E-state index contributed by atoms with van der Waals surface area (Å²) in [4.78, 5) is 2.32. The number of likely N-dealkylation sites (N-methyl/N-ethyl adjacent to an activating group) is 1. The van der Waals surface area contributed by atoms with Crippen molar-refractivity contribution in [1.29, 1.82) is 0 Å². The maximum Gasteiger partial charge on any atom is 0.416 e. The van der Waals surface area contributed by atoms with E-state index < -0.39 is 11.7 Å². The minimum Gasteiger partial charge on any atom is -0.312 e. The van der Waals surface area contributed by atoms with E-state index in [2.05, 4.69) is 24.1 Å². The summed E-state index contributed by atoms with van der Waals surface area (Å²) < 4.78 is 38.4. The molecule has 0 spiro atoms. The molecule has 1 fully saturated rings. The Balaban J connectivity index is 2.11. The van der Waals surface area contributed by atoms with Crippen LogP contribution < -0.4 is 5.32 Å². The summed E-state index contributed by atoms with van der Waals surface area (Å²) in [7, 11) is 1.80. The molecule has 1 heterocycles. The Morgan fingerprint density at radius 2 is 2.05 bits per heavy atom. The fourth-order valence-corrected chi connectivity index (χ4v) is 2.93. The molecule has 0 saturated carbocycles. The van der Waals surface area contributed by atoms with Gasteiger partial charge in [0.2, 0.25) is 0 Å². The highest BCUT2D eigenvalue weighted by atomic mass is 19.4. The van der Waals surface area contributed by atoms with Crippen LogP contribution in [0.1, 0.15) is 37.4 Å². The van der Waals surface area contributed by atoms with E-state index in [1.165, 1.54) is 12.1 Å². The lowest BCUT2D eigenvalue weighted by atomic mass is 9.93. The van der Waals surface area contributed by atoms with Crippen LogP contribution in [0.2, 0.25) is 0 Å². The maximum atomic E-state index is 12.8. The van der Waals surface area contributed by atoms with Gasteiger partial charge in [-0.1, -0.05) is 26.0 Å². The largest absolute Gasteiger partial charge is 0.416 e. The van der Waals surface area contributed by atoms with Gasteiger partial charge in [0.1, 0.15) is 0 Å². The minimum atomic E-state index is -4.29. The summed E-state index contributed by atoms with van der Waals surface area (Å²) in [6, 6.07) is 5.53. The monoisotopic (exact) mass is 300 g/mol. The highest BCUT2D eigenvalue weighted by Crippen LogP contribution is 2.32. The van der Waals surface area contributed by atoms with Gasteiger partial charge in [0, 0.05) is 19.1 Å². The number of rotatable bonds is 4. The fourth-order valence-electron chi connectivity index (χ4n) is 2.93. The molecule has 118 valence electrons. The van der Waals surface area contributed by atoms with Crippen LogP contribution in [0, 0.1) is 5.41 Å². The maximum absolute atomic E-state index is 12.8. The molecule has 1 aromatic carbocycles. The number of likely N-dealkylation sites (tertiary alicyclic amines) is 1. The molecule has 2 nitrogen and oxygen atoms in total. The van der Waals surface area contributed by atoms with E-state index in [1.807, 2.05) is 0 Å². The summed E-state index contributed by atoms with van der Waals surface area (Å²) in [5, 5.41) is 3.14. The van der Waals surface area contributed by atoms with Gasteiger partial charge in [-0.2, -0.15) is 13.2 Å². The molecule has 1 aliphatic rings. The van der Waals surface area contributed by atoms with Gasteiger partial charge < -0.3 is 10.2 Å². The molecule has 1 atom stereocenters. The highest BCUT2D eigenvalue weighted by molar-refractivity contribution is 5.28. The first kappa shape index (κ1) is 16.3. The van der Waals surface area contributed by atoms with Crippen molar-refractivity contribution in [3.05, 3.63) is 35.4 Å². The molecule has 0 radical (unpaired) electrons. The van der Waals surface area contributed by atoms with Crippen LogP contribution in [-0.2, 0) is 6.18 Å². The summed E-state index contributed by atoms with van der Waals surface area (Å²) in [6.07, 6.45) is -3.16. The number of alkyl halides is 3. The molecule has 0 aromatic heterocycles. The summed E-state index contributed by atoms with van der Waals surface area (Å²) in [5.41, 5.74) is 0.408. The van der Waals surface area contributed by atoms with Crippen LogP contribution in [0.15, 0.2) is 24.3 Å². The van der Waals surface area contributed by atoms with Crippen molar-refractivity contribution >= 4 is 0 Å². The molecule has 2 rings (SSSR count). The van der Waals surface area contributed by atoms with E-state index in [0.717, 1.165) is 32.1 Å². The number of nitrogens with zero attached hydrogens (tertiary/aromatic N) is 1. The zero-order chi connectivity index (χ0) is 15.7. The molecule has 0 aliphatic carbocycles. The second kappa shape index (κ2) is 5.97. The van der Waals surface area contributed by atoms with Gasteiger partial charge in [0.25, 0.3) is 0 Å². The minimum absolute atomic E-state index is 0.0822. The van der Waals surface area contributed by atoms with E-state index in [4.69, 9.17) is 0 Å². The van der Waals surface area contributed by atoms with Crippen LogP contribution in [-0.4, -0.2) is 31.6 Å². The highest BCUT2D eigenvalue weighted by Gasteiger charge is 2.32. The Hall–Kier alpha value is -1.07. The van der Waals surface area contributed by atoms with Crippen LogP contribution in [0.25, 0.3) is 0 Å². The van der Waals surface area contributed by atoms with Crippen molar-refractivity contribution in [2.24, 2.45) is 5.41 Å². The zero-order valence-corrected chi connectivity index (χ0v) is 12.8. The second-order valence-electron chi connectivity index (χ2n) is 6.61. The smallest absolute Gasteiger partial charge is 0.312 e. The fraction of sp³-hybridized carbons (Fsp3) is 0.625. The predicted molar refractivity (Wildman–Crippen MR) is 78.1 cm³/mol. The number of halogens is 3. The lowest BCUT2D eigenvalue weighted by Gasteiger charge is -2.25. The second-order valence-corrected chi connectivity index (χ2v) is 6.61. The van der Waals surface area contributed by atoms with Gasteiger partial charge in [-0.15, -0.1) is 0 Å². The molecule has 1 aromatic rings. The molecule has 21 heavy (non-hydrogen) atoms. The van der Waals surface area contributed by atoms with Crippen LogP contribution >= 0.6 is 0 Å². The van der Waals surface area contributed by atoms with Gasteiger partial charge in [0.05, 0.1) is 5.56 Å². The third kappa shape index (κ3) is 4.20. The van der Waals surface area contributed by atoms with Gasteiger partial charge >= 0.3 is 6.18 Å². The zero-order valence-electron chi connectivity index (χ0n) is 12.8. The van der Waals surface area contributed by atoms with Crippen molar-refractivity contribution < 1.29 is 13.2 Å². The van der Waals surface area contributed by atoms with E-state index in [1.54, 1.807) is 13.1 Å². The molecule has 0 amide bonds. The Labute approximate surface area is 124 Å². The summed E-state index contributed by atoms with van der Waals surface area (Å²) >= 11 is 0. The molecule has 5 heteroatoms. The van der Waals surface area contributed by atoms with Crippen LogP contribution in [0.3, 0.4) is 0 Å². The van der Waals surface area contributed by atoms with Crippen LogP contribution in [0.4, 0.5) is 13.2 Å². The van der Waals surface area contributed by atoms with Crippen molar-refractivity contribution in [2.45, 2.75) is 32.5 Å². The van der Waals surface area contributed by atoms with Gasteiger partial charge in [-0.25, -0.2) is 0 Å². The van der Waals surface area contributed by atoms with Crippen molar-refractivity contribution in [3.63, 3.8) is 0 Å². The van der Waals surface area contributed by atoms with Gasteiger partial charge in [-0.05, 0) is 43.1 Å². The molecule has 1 unspecified atom stereocenters. The summed E-state index contributed by atoms with van der Waals surface area (Å²) in [6.45, 7) is 7.19. The number of benzene rings is 1. The number of hydrogen-bond donors (Lipinski definition) is 1. The van der Waals surface area contributed by atoms with Crippen molar-refractivity contribution in [3.8, 4) is 0 Å². The van der Waals surface area contributed by atoms with E-state index in [-0.39, 0.29) is 6.04 Å². The normalized spacial score (nSPS) is 20.7. The average molecular weight is 300 g/mol. The standard InChI is InChI=1S/C16H23F3N2/c1-15(2)7-8-21(11-15)10-14(20-3)12-5-4-6-13(9-12)16(17,18)19/h4-6,9,14,20H,7-8,10-11H2,1-3H3. The molecule has 0 bridgehead atoms. The van der Waals surface area contributed by atoms with Gasteiger partial charge in [-0.3, -0.25) is 0 Å². The van der Waals surface area contributed by atoms with Crippen LogP contribution in [0.5, 0.6) is 0 Å². The van der Waals surface area contributed by atoms with E-state index in [9.17, 15) is 13.2 Å². The first-order valence-electron chi connectivity index (χ1n) is 7.28. The first-order valence-corrected chi connectivity index (χ1v) is 7.28. The Morgan fingerprint density at radius 1 is 1.33 bits per heavy atom. The molecule has 1 N–H and O–H groups in total. The summed E-state index contributed by atoms with van der Waals surface area (Å²) in [5.74, 6) is 0. The quantitative estimate of drug-likeness (QED) is 0.912. The van der Waals surface area contributed by atoms with Gasteiger partial charge in [0.15, 0.2) is 0 Å². The van der Waals surface area contributed by atoms with Crippen molar-refractivity contribution in [1.82, 2.24) is 10.2 Å². The topological polar surface area (TPSA) is 15.3 Å². The molecular weight excluding hydrogens is 277 g/mol. The number of nitrogens with one attached hydrogen (secondary N) is 1. The molecular formula is C16H23F3N2. The Morgan fingerprint density at radius 3 is 2.57 bits per heavy atom. The Kier molecular flexibility index (Phi) is 4.63.